The van der Waals surface area contributed by atoms with Gasteiger partial charge in [-0.25, -0.2) is 9.07 Å². The van der Waals surface area contributed by atoms with Gasteiger partial charge in [-0.05, 0) is 43.2 Å². The van der Waals surface area contributed by atoms with Crippen molar-refractivity contribution in [3.63, 3.8) is 0 Å². The summed E-state index contributed by atoms with van der Waals surface area (Å²) in [6.07, 6.45) is 6.44. The fraction of sp³-hybridized carbons (Fsp3) is 0.304. The maximum atomic E-state index is 13.9. The number of nitrogens with one attached hydrogen (secondary N) is 1. The third-order valence-corrected chi connectivity index (χ3v) is 5.65. The first-order chi connectivity index (χ1) is 15.0. The Morgan fingerprint density at radius 1 is 1.16 bits per heavy atom. The number of benzene rings is 1. The molecule has 1 aromatic carbocycles. The zero-order chi connectivity index (χ0) is 21.8. The average molecular weight is 421 g/mol. The van der Waals surface area contributed by atoms with Crippen molar-refractivity contribution in [1.82, 2.24) is 25.0 Å². The van der Waals surface area contributed by atoms with Crippen molar-refractivity contribution in [2.45, 2.75) is 32.2 Å². The zero-order valence-electron chi connectivity index (χ0n) is 17.3. The van der Waals surface area contributed by atoms with Crippen LogP contribution >= 0.6 is 0 Å². The number of pyridine rings is 1. The summed E-state index contributed by atoms with van der Waals surface area (Å²) in [7, 11) is 0. The number of piperidine rings is 1. The van der Waals surface area contributed by atoms with Crippen LogP contribution in [-0.2, 0) is 11.3 Å². The van der Waals surface area contributed by atoms with Crippen LogP contribution in [0.1, 0.15) is 47.3 Å². The summed E-state index contributed by atoms with van der Waals surface area (Å²) in [5.41, 5.74) is 3.00. The maximum Gasteiger partial charge on any atom is 0.251 e. The van der Waals surface area contributed by atoms with E-state index in [4.69, 9.17) is 0 Å². The van der Waals surface area contributed by atoms with Crippen LogP contribution in [0, 0.1) is 5.82 Å². The molecule has 2 aromatic heterocycles. The Labute approximate surface area is 179 Å². The number of rotatable bonds is 5. The molecule has 0 bridgehead atoms. The Hall–Kier alpha value is -3.55. The first kappa shape index (κ1) is 20.7. The summed E-state index contributed by atoms with van der Waals surface area (Å²) in [4.78, 5) is 30.0. The van der Waals surface area contributed by atoms with E-state index in [0.29, 0.717) is 30.9 Å². The molecular weight excluding hydrogens is 397 g/mol. The summed E-state index contributed by atoms with van der Waals surface area (Å²) in [5, 5.41) is 7.45. The summed E-state index contributed by atoms with van der Waals surface area (Å²) in [6, 6.07) is 9.62. The molecule has 0 aliphatic carbocycles. The topological polar surface area (TPSA) is 80.1 Å². The Morgan fingerprint density at radius 3 is 2.58 bits per heavy atom. The van der Waals surface area contributed by atoms with Crippen LogP contribution in [0.4, 0.5) is 4.39 Å². The molecule has 1 fully saturated rings. The number of likely N-dealkylation sites (tertiary alicyclic amines) is 1. The highest BCUT2D eigenvalue weighted by molar-refractivity contribution is 5.93. The molecule has 160 valence electrons. The van der Waals surface area contributed by atoms with Crippen LogP contribution < -0.4 is 5.32 Å². The van der Waals surface area contributed by atoms with Crippen molar-refractivity contribution in [3.8, 4) is 5.69 Å². The number of hydrogen-bond donors (Lipinski definition) is 1. The molecule has 4 rings (SSSR count). The molecule has 0 radical (unpaired) electrons. The second-order valence-electron chi connectivity index (χ2n) is 7.65. The Morgan fingerprint density at radius 2 is 1.90 bits per heavy atom. The molecule has 31 heavy (non-hydrogen) atoms. The van der Waals surface area contributed by atoms with Crippen LogP contribution in [0.5, 0.6) is 0 Å². The lowest BCUT2D eigenvalue weighted by Crippen LogP contribution is -2.37. The molecule has 1 N–H and O–H groups in total. The van der Waals surface area contributed by atoms with Gasteiger partial charge in [0.05, 0.1) is 17.6 Å². The van der Waals surface area contributed by atoms with Crippen LogP contribution in [0.3, 0.4) is 0 Å². The lowest BCUT2D eigenvalue weighted by molar-refractivity contribution is -0.129. The predicted octanol–water partition coefficient (Wildman–Crippen LogP) is 3.06. The van der Waals surface area contributed by atoms with E-state index in [1.807, 2.05) is 11.0 Å². The number of carbonyl (C=O) groups excluding carboxylic acids is 2. The van der Waals surface area contributed by atoms with Crippen LogP contribution in [-0.4, -0.2) is 44.6 Å². The normalized spacial score (nSPS) is 14.5. The summed E-state index contributed by atoms with van der Waals surface area (Å²) in [5.74, 6) is -0.313. The van der Waals surface area contributed by atoms with E-state index in [-0.39, 0.29) is 23.5 Å². The molecule has 3 aromatic rings. The molecule has 2 amide bonds. The SMILES string of the molecule is CC(=O)N1CCC(c2c(CNC(=O)c3ccncc3)cnn2-c2cccc(F)c2)CC1. The second-order valence-corrected chi connectivity index (χ2v) is 7.65. The van der Waals surface area contributed by atoms with E-state index in [1.165, 1.54) is 12.1 Å². The van der Waals surface area contributed by atoms with E-state index < -0.39 is 0 Å². The van der Waals surface area contributed by atoms with Crippen molar-refractivity contribution >= 4 is 11.8 Å². The fourth-order valence-electron chi connectivity index (χ4n) is 4.03. The van der Waals surface area contributed by atoms with E-state index >= 15 is 0 Å². The molecule has 1 aliphatic heterocycles. The number of nitrogens with zero attached hydrogens (tertiary/aromatic N) is 4. The summed E-state index contributed by atoms with van der Waals surface area (Å²) >= 11 is 0. The van der Waals surface area contributed by atoms with Gasteiger partial charge in [-0.15, -0.1) is 0 Å². The molecule has 1 aliphatic rings. The number of halogens is 1. The second kappa shape index (κ2) is 9.07. The zero-order valence-corrected chi connectivity index (χ0v) is 17.3. The Balaban J connectivity index is 1.61. The van der Waals surface area contributed by atoms with Crippen molar-refractivity contribution in [2.75, 3.05) is 13.1 Å². The van der Waals surface area contributed by atoms with Crippen molar-refractivity contribution in [1.29, 1.82) is 0 Å². The van der Waals surface area contributed by atoms with Gasteiger partial charge in [-0.1, -0.05) is 6.07 Å². The summed E-state index contributed by atoms with van der Waals surface area (Å²) < 4.78 is 15.6. The van der Waals surface area contributed by atoms with Crippen molar-refractivity contribution in [3.05, 3.63) is 77.6 Å². The molecule has 8 heteroatoms. The van der Waals surface area contributed by atoms with E-state index in [0.717, 1.165) is 24.1 Å². The van der Waals surface area contributed by atoms with Crippen LogP contribution in [0.25, 0.3) is 5.69 Å². The van der Waals surface area contributed by atoms with Gasteiger partial charge < -0.3 is 10.2 Å². The molecule has 0 atom stereocenters. The molecule has 3 heterocycles. The van der Waals surface area contributed by atoms with Crippen LogP contribution in [0.2, 0.25) is 0 Å². The standard InChI is InChI=1S/C23H24FN5O2/c1-16(30)28-11-7-17(8-12-28)22-19(14-26-23(31)18-5-9-25-10-6-18)15-27-29(22)21-4-2-3-20(24)13-21/h2-6,9-10,13,15,17H,7-8,11-12,14H2,1H3,(H,26,31). The van der Waals surface area contributed by atoms with Gasteiger partial charge in [-0.3, -0.25) is 14.6 Å². The summed E-state index contributed by atoms with van der Waals surface area (Å²) in [6.45, 7) is 3.21. The van der Waals surface area contributed by atoms with Gasteiger partial charge >= 0.3 is 0 Å². The lowest BCUT2D eigenvalue weighted by Gasteiger charge is -2.32. The minimum Gasteiger partial charge on any atom is -0.348 e. The third-order valence-electron chi connectivity index (χ3n) is 5.65. The molecular formula is C23H24FN5O2. The van der Waals surface area contributed by atoms with E-state index in [9.17, 15) is 14.0 Å². The molecule has 0 saturated carbocycles. The lowest BCUT2D eigenvalue weighted by atomic mass is 9.91. The van der Waals surface area contributed by atoms with Gasteiger partial charge in [0.25, 0.3) is 5.91 Å². The van der Waals surface area contributed by atoms with E-state index in [2.05, 4.69) is 15.4 Å². The fourth-order valence-corrected chi connectivity index (χ4v) is 4.03. The van der Waals surface area contributed by atoms with Gasteiger partial charge in [-0.2, -0.15) is 5.10 Å². The third kappa shape index (κ3) is 4.63. The van der Waals surface area contributed by atoms with Gasteiger partial charge in [0, 0.05) is 56.0 Å². The Kier molecular flexibility index (Phi) is 6.06. The first-order valence-corrected chi connectivity index (χ1v) is 10.3. The molecule has 0 unspecified atom stereocenters. The quantitative estimate of drug-likeness (QED) is 0.687. The minimum atomic E-state index is -0.335. The molecule has 0 spiro atoms. The van der Waals surface area contributed by atoms with Crippen molar-refractivity contribution < 1.29 is 14.0 Å². The smallest absolute Gasteiger partial charge is 0.251 e. The van der Waals surface area contributed by atoms with Crippen LogP contribution in [0.15, 0.2) is 55.0 Å². The average Bonchev–Trinajstić information content (AvgIpc) is 3.22. The number of carbonyl (C=O) groups is 2. The predicted molar refractivity (Wildman–Crippen MR) is 113 cm³/mol. The van der Waals surface area contributed by atoms with Gasteiger partial charge in [0.1, 0.15) is 5.82 Å². The van der Waals surface area contributed by atoms with Gasteiger partial charge in [0.2, 0.25) is 5.91 Å². The monoisotopic (exact) mass is 421 g/mol. The number of amides is 2. The van der Waals surface area contributed by atoms with Crippen molar-refractivity contribution in [2.24, 2.45) is 0 Å². The highest BCUT2D eigenvalue weighted by Gasteiger charge is 2.27. The minimum absolute atomic E-state index is 0.0712. The molecule has 1 saturated heterocycles. The maximum absolute atomic E-state index is 13.9. The highest BCUT2D eigenvalue weighted by atomic mass is 19.1. The van der Waals surface area contributed by atoms with Gasteiger partial charge in [0.15, 0.2) is 0 Å². The largest absolute Gasteiger partial charge is 0.348 e. The number of hydrogen-bond acceptors (Lipinski definition) is 4. The molecule has 7 nitrogen and oxygen atoms in total. The van der Waals surface area contributed by atoms with E-state index in [1.54, 1.807) is 48.4 Å². The Bertz CT molecular complexity index is 1070. The highest BCUT2D eigenvalue weighted by Crippen LogP contribution is 2.32. The number of aromatic nitrogens is 3. The first-order valence-electron chi connectivity index (χ1n) is 10.3.